The predicted octanol–water partition coefficient (Wildman–Crippen LogP) is 6.21. The van der Waals surface area contributed by atoms with E-state index >= 15 is 0 Å². The van der Waals surface area contributed by atoms with E-state index in [4.69, 9.17) is 4.84 Å². The minimum Gasteiger partial charge on any atom is -0.299 e. The molecule has 0 saturated heterocycles. The van der Waals surface area contributed by atoms with Crippen LogP contribution in [0.4, 0.5) is 0 Å². The molecule has 0 aromatic carbocycles. The van der Waals surface area contributed by atoms with E-state index in [2.05, 4.69) is 39.2 Å². The molecule has 4 fully saturated rings. The Hall–Kier alpha value is -2.00. The Morgan fingerprint density at radius 2 is 1.68 bits per heavy atom. The molecule has 0 aliphatic heterocycles. The van der Waals surface area contributed by atoms with E-state index in [1.54, 1.807) is 0 Å². The highest BCUT2D eigenvalue weighted by molar-refractivity contribution is 6.01. The number of amides is 1. The number of hydrogen-bond donors (Lipinski definition) is 1. The van der Waals surface area contributed by atoms with E-state index in [9.17, 15) is 19.6 Å². The van der Waals surface area contributed by atoms with Gasteiger partial charge in [0.05, 0.1) is 18.1 Å². The fraction of sp³-hybridized carbons (Fsp3) is 0.812. The maximum absolute atomic E-state index is 14.2. The third-order valence-corrected chi connectivity index (χ3v) is 12.0. The summed E-state index contributed by atoms with van der Waals surface area (Å²) in [7, 11) is 1.48. The van der Waals surface area contributed by atoms with Crippen molar-refractivity contribution in [2.24, 2.45) is 57.2 Å². The van der Waals surface area contributed by atoms with Gasteiger partial charge in [-0.15, -0.1) is 0 Å². The molecule has 0 radical (unpaired) electrons. The molecule has 4 saturated carbocycles. The molecule has 0 aromatic rings. The Morgan fingerprint density at radius 3 is 2.32 bits per heavy atom. The lowest BCUT2D eigenvalue weighted by Crippen LogP contribution is -2.65. The molecule has 210 valence electrons. The second-order valence-corrected chi connectivity index (χ2v) is 14.0. The molecule has 6 nitrogen and oxygen atoms in total. The summed E-state index contributed by atoms with van der Waals surface area (Å²) >= 11 is 0. The lowest BCUT2D eigenvalue weighted by molar-refractivity contribution is -0.192. The van der Waals surface area contributed by atoms with Gasteiger partial charge in [0, 0.05) is 18.3 Å². The van der Waals surface area contributed by atoms with Crippen LogP contribution in [-0.4, -0.2) is 24.6 Å². The normalized spacial score (nSPS) is 45.0. The number of carbonyl (C=O) groups excluding carboxylic acids is 3. The standard InChI is InChI=1S/C30H42N2O4.C2H6/c1-17-19-7-9-28(4)20-8-10-30(26(35)32-36-6)12-11-27(2,3)15-21(30)24(20)22(33)13-23(28)29(19,5)14-18(16-31)25(17)34;1-2/h14,17,19-21,23-24H,7-13,15H2,1-6H3,(H,32,35);1-2H3/t17?,19?,20?,21?,23?,24?,28?,29?,30-;/m1./s1. The molecular weight excluding hydrogens is 476 g/mol. The van der Waals surface area contributed by atoms with Crippen molar-refractivity contribution in [3.8, 4) is 6.07 Å². The van der Waals surface area contributed by atoms with Gasteiger partial charge in [0.25, 0.3) is 0 Å². The first kappa shape index (κ1) is 29.0. The van der Waals surface area contributed by atoms with E-state index in [0.717, 1.165) is 44.9 Å². The zero-order valence-electron chi connectivity index (χ0n) is 24.8. The number of nitrogens with one attached hydrogen (secondary N) is 1. The first-order chi connectivity index (χ1) is 17.8. The first-order valence-electron chi connectivity index (χ1n) is 14.9. The summed E-state index contributed by atoms with van der Waals surface area (Å²) in [6.45, 7) is 15.1. The van der Waals surface area contributed by atoms with Gasteiger partial charge in [-0.2, -0.15) is 5.26 Å². The number of nitriles is 1. The summed E-state index contributed by atoms with van der Waals surface area (Å²) in [5.74, 6) is 0.381. The third-order valence-electron chi connectivity index (χ3n) is 12.0. The lowest BCUT2D eigenvalue weighted by atomic mass is 9.36. The van der Waals surface area contributed by atoms with E-state index in [1.807, 2.05) is 26.8 Å². The molecule has 5 aliphatic rings. The van der Waals surface area contributed by atoms with E-state index in [0.29, 0.717) is 6.42 Å². The van der Waals surface area contributed by atoms with Crippen LogP contribution in [0.1, 0.15) is 99.8 Å². The second-order valence-electron chi connectivity index (χ2n) is 14.0. The summed E-state index contributed by atoms with van der Waals surface area (Å²) in [6.07, 6.45) is 8.64. The maximum atomic E-state index is 14.2. The Bertz CT molecular complexity index is 1070. The zero-order chi connectivity index (χ0) is 28.3. The molecule has 8 unspecified atom stereocenters. The molecule has 0 spiro atoms. The number of fused-ring (bicyclic) bond motifs is 7. The number of allylic oxidation sites excluding steroid dienone is 2. The molecule has 5 aliphatic carbocycles. The average molecular weight is 525 g/mol. The Balaban J connectivity index is 0.00000164. The first-order valence-corrected chi connectivity index (χ1v) is 14.9. The average Bonchev–Trinajstić information content (AvgIpc) is 2.88. The Kier molecular flexibility index (Phi) is 7.54. The third kappa shape index (κ3) is 4.02. The minimum absolute atomic E-state index is 0.0167. The predicted molar refractivity (Wildman–Crippen MR) is 146 cm³/mol. The monoisotopic (exact) mass is 524 g/mol. The van der Waals surface area contributed by atoms with Crippen LogP contribution < -0.4 is 5.48 Å². The second kappa shape index (κ2) is 9.88. The van der Waals surface area contributed by atoms with Crippen molar-refractivity contribution in [2.45, 2.75) is 99.8 Å². The molecule has 1 amide bonds. The smallest absolute Gasteiger partial charge is 0.250 e. The Labute approximate surface area is 229 Å². The molecule has 5 rings (SSSR count). The molecule has 38 heavy (non-hydrogen) atoms. The van der Waals surface area contributed by atoms with Crippen LogP contribution in [0.3, 0.4) is 0 Å². The Morgan fingerprint density at radius 1 is 1.03 bits per heavy atom. The van der Waals surface area contributed by atoms with Crippen LogP contribution in [0.15, 0.2) is 11.6 Å². The number of ketones is 2. The molecular formula is C32H48N2O4. The van der Waals surface area contributed by atoms with Gasteiger partial charge >= 0.3 is 0 Å². The van der Waals surface area contributed by atoms with Crippen molar-refractivity contribution in [3.05, 3.63) is 11.6 Å². The van der Waals surface area contributed by atoms with Crippen molar-refractivity contribution in [1.82, 2.24) is 5.48 Å². The number of carbonyl (C=O) groups is 3. The van der Waals surface area contributed by atoms with Gasteiger partial charge in [0.15, 0.2) is 5.78 Å². The van der Waals surface area contributed by atoms with Crippen molar-refractivity contribution in [2.75, 3.05) is 7.11 Å². The van der Waals surface area contributed by atoms with Gasteiger partial charge in [-0.25, -0.2) is 5.48 Å². The van der Waals surface area contributed by atoms with Gasteiger partial charge in [0.2, 0.25) is 5.91 Å². The fourth-order valence-corrected chi connectivity index (χ4v) is 10.1. The van der Waals surface area contributed by atoms with Gasteiger partial charge in [-0.05, 0) is 84.9 Å². The van der Waals surface area contributed by atoms with Gasteiger partial charge in [0.1, 0.15) is 11.9 Å². The van der Waals surface area contributed by atoms with Crippen LogP contribution in [0.5, 0.6) is 0 Å². The summed E-state index contributed by atoms with van der Waals surface area (Å²) in [5, 5.41) is 9.73. The highest BCUT2D eigenvalue weighted by atomic mass is 16.6. The summed E-state index contributed by atoms with van der Waals surface area (Å²) < 4.78 is 0. The lowest BCUT2D eigenvalue weighted by Gasteiger charge is -2.67. The summed E-state index contributed by atoms with van der Waals surface area (Å²) in [6, 6.07) is 2.16. The topological polar surface area (TPSA) is 96.3 Å². The molecule has 0 heterocycles. The summed E-state index contributed by atoms with van der Waals surface area (Å²) in [5.41, 5.74) is 2.06. The van der Waals surface area contributed by atoms with Crippen LogP contribution in [0, 0.1) is 68.5 Å². The van der Waals surface area contributed by atoms with Crippen LogP contribution in [0.2, 0.25) is 0 Å². The molecule has 1 N–H and O–H groups in total. The highest BCUT2D eigenvalue weighted by Gasteiger charge is 2.68. The fourth-order valence-electron chi connectivity index (χ4n) is 10.1. The van der Waals surface area contributed by atoms with Crippen molar-refractivity contribution >= 4 is 17.5 Å². The van der Waals surface area contributed by atoms with E-state index in [1.165, 1.54) is 7.11 Å². The van der Waals surface area contributed by atoms with Gasteiger partial charge < -0.3 is 0 Å². The number of hydroxylamine groups is 1. The van der Waals surface area contributed by atoms with E-state index in [-0.39, 0.29) is 74.8 Å². The van der Waals surface area contributed by atoms with Gasteiger partial charge in [-0.1, -0.05) is 54.5 Å². The summed E-state index contributed by atoms with van der Waals surface area (Å²) in [4.78, 5) is 45.6. The van der Waals surface area contributed by atoms with Crippen LogP contribution in [-0.2, 0) is 19.2 Å². The number of rotatable bonds is 2. The SMILES string of the molecule is CC.CONC(=O)[C@@]12CCC3C(C(=O)CC4C5(C)C=C(C#N)C(=O)C(C)C5CCC34C)C1CC(C)(C)CC2. The van der Waals surface area contributed by atoms with E-state index < -0.39 is 5.41 Å². The minimum atomic E-state index is -0.549. The number of hydrogen-bond acceptors (Lipinski definition) is 5. The molecule has 6 heteroatoms. The molecule has 0 aromatic heterocycles. The maximum Gasteiger partial charge on any atom is 0.250 e. The largest absolute Gasteiger partial charge is 0.299 e. The quantitative estimate of drug-likeness (QED) is 0.433. The number of Topliss-reactive ketones (excluding diaryl/α,β-unsaturated/α-hetero) is 2. The van der Waals surface area contributed by atoms with Crippen molar-refractivity contribution < 1.29 is 19.2 Å². The van der Waals surface area contributed by atoms with Crippen molar-refractivity contribution in [3.63, 3.8) is 0 Å². The molecule has 9 atom stereocenters. The highest BCUT2D eigenvalue weighted by Crippen LogP contribution is 2.70. The number of nitrogens with zero attached hydrogens (tertiary/aromatic N) is 1. The van der Waals surface area contributed by atoms with Gasteiger partial charge in [-0.3, -0.25) is 19.2 Å². The van der Waals surface area contributed by atoms with Crippen molar-refractivity contribution in [1.29, 1.82) is 5.26 Å². The zero-order valence-corrected chi connectivity index (χ0v) is 24.8. The van der Waals surface area contributed by atoms with Crippen LogP contribution >= 0.6 is 0 Å². The molecule has 0 bridgehead atoms. The van der Waals surface area contributed by atoms with Crippen LogP contribution in [0.25, 0.3) is 0 Å².